The van der Waals surface area contributed by atoms with Crippen LogP contribution in [0.25, 0.3) is 0 Å². The van der Waals surface area contributed by atoms with E-state index in [9.17, 15) is 0 Å². The predicted molar refractivity (Wildman–Crippen MR) is 53.9 cm³/mol. The average molecular weight is 176 g/mol. The van der Waals surface area contributed by atoms with E-state index in [1.54, 1.807) is 7.11 Å². The second-order valence-corrected chi connectivity index (χ2v) is 3.22. The predicted octanol–water partition coefficient (Wildman–Crippen LogP) is 2.46. The van der Waals surface area contributed by atoms with Crippen LogP contribution in [0.2, 0.25) is 0 Å². The lowest BCUT2D eigenvalue weighted by Crippen LogP contribution is -2.13. The summed E-state index contributed by atoms with van der Waals surface area (Å²) in [4.78, 5) is 2.29. The van der Waals surface area contributed by atoms with E-state index in [4.69, 9.17) is 4.74 Å². The Morgan fingerprint density at radius 2 is 2.00 bits per heavy atom. The van der Waals surface area contributed by atoms with Crippen molar-refractivity contribution in [2.75, 3.05) is 18.6 Å². The molecule has 69 valence electrons. The molecule has 1 fully saturated rings. The summed E-state index contributed by atoms with van der Waals surface area (Å²) in [5, 5.41) is 0. The molecule has 2 heteroatoms. The first-order valence-electron chi connectivity index (χ1n) is 4.64. The van der Waals surface area contributed by atoms with Crippen molar-refractivity contribution < 1.29 is 4.74 Å². The van der Waals surface area contributed by atoms with Gasteiger partial charge in [-0.25, -0.2) is 0 Å². The highest BCUT2D eigenvalue weighted by Gasteiger charge is 2.12. The first-order valence-corrected chi connectivity index (χ1v) is 4.64. The maximum Gasteiger partial charge on any atom is 0.119 e. The fraction of sp³-hybridized carbons (Fsp3) is 0.364. The number of ether oxygens (including phenoxy) is 1. The Hall–Kier alpha value is -1.18. The number of nitrogens with zero attached hydrogens (tertiary/aromatic N) is 1. The van der Waals surface area contributed by atoms with Crippen molar-refractivity contribution >= 4 is 5.69 Å². The lowest BCUT2D eigenvalue weighted by atomic mass is 10.3. The quantitative estimate of drug-likeness (QED) is 0.686. The van der Waals surface area contributed by atoms with Crippen LogP contribution in [0, 0.1) is 6.54 Å². The van der Waals surface area contributed by atoms with E-state index < -0.39 is 0 Å². The minimum Gasteiger partial charge on any atom is -0.497 e. The summed E-state index contributed by atoms with van der Waals surface area (Å²) < 4.78 is 5.10. The Morgan fingerprint density at radius 1 is 1.23 bits per heavy atom. The van der Waals surface area contributed by atoms with E-state index in [1.807, 2.05) is 12.1 Å². The van der Waals surface area contributed by atoms with Crippen LogP contribution in [0.3, 0.4) is 0 Å². The molecule has 2 rings (SSSR count). The summed E-state index contributed by atoms with van der Waals surface area (Å²) >= 11 is 0. The highest BCUT2D eigenvalue weighted by Crippen LogP contribution is 2.24. The zero-order valence-electron chi connectivity index (χ0n) is 7.86. The zero-order chi connectivity index (χ0) is 9.10. The third-order valence-corrected chi connectivity index (χ3v) is 2.36. The van der Waals surface area contributed by atoms with Gasteiger partial charge in [-0.15, -0.1) is 0 Å². The molecule has 0 amide bonds. The number of anilines is 1. The standard InChI is InChI=1S/C11H14NO/c1-13-11-6-4-10(5-7-11)12-8-2-3-9-12/h4-8H,2-3,9H2,1H3. The summed E-state index contributed by atoms with van der Waals surface area (Å²) in [7, 11) is 1.69. The summed E-state index contributed by atoms with van der Waals surface area (Å²) in [6.07, 6.45) is 2.47. The molecule has 0 spiro atoms. The SMILES string of the molecule is COc1ccc(N2[CH]CCC2)cc1. The first-order chi connectivity index (χ1) is 6.40. The van der Waals surface area contributed by atoms with Gasteiger partial charge in [0.2, 0.25) is 0 Å². The Bertz CT molecular complexity index is 262. The molecule has 0 aliphatic carbocycles. The van der Waals surface area contributed by atoms with Crippen LogP contribution in [0.5, 0.6) is 5.75 Å². The van der Waals surface area contributed by atoms with Gasteiger partial charge in [0.1, 0.15) is 5.75 Å². The van der Waals surface area contributed by atoms with E-state index >= 15 is 0 Å². The molecule has 0 unspecified atom stereocenters. The van der Waals surface area contributed by atoms with E-state index in [0.29, 0.717) is 0 Å². The smallest absolute Gasteiger partial charge is 0.119 e. The second kappa shape index (κ2) is 3.69. The maximum absolute atomic E-state index is 5.10. The lowest BCUT2D eigenvalue weighted by molar-refractivity contribution is 0.415. The molecule has 2 nitrogen and oxygen atoms in total. The number of rotatable bonds is 2. The highest BCUT2D eigenvalue weighted by molar-refractivity contribution is 5.51. The molecule has 0 aromatic heterocycles. The molecule has 0 saturated carbocycles. The van der Waals surface area contributed by atoms with Gasteiger partial charge in [-0.3, -0.25) is 0 Å². The fourth-order valence-corrected chi connectivity index (χ4v) is 1.61. The first kappa shape index (κ1) is 8.42. The van der Waals surface area contributed by atoms with Crippen LogP contribution in [-0.4, -0.2) is 13.7 Å². The van der Waals surface area contributed by atoms with Gasteiger partial charge in [0.15, 0.2) is 0 Å². The largest absolute Gasteiger partial charge is 0.497 e. The van der Waals surface area contributed by atoms with Gasteiger partial charge in [-0.05, 0) is 37.1 Å². The molecule has 0 atom stereocenters. The van der Waals surface area contributed by atoms with Gasteiger partial charge < -0.3 is 9.64 Å². The van der Waals surface area contributed by atoms with Crippen molar-refractivity contribution in [3.8, 4) is 5.75 Å². The van der Waals surface area contributed by atoms with Gasteiger partial charge in [0, 0.05) is 18.8 Å². The molecule has 1 radical (unpaired) electrons. The third-order valence-electron chi connectivity index (χ3n) is 2.36. The van der Waals surface area contributed by atoms with Gasteiger partial charge in [0.25, 0.3) is 0 Å². The monoisotopic (exact) mass is 176 g/mol. The normalized spacial score (nSPS) is 16.2. The van der Waals surface area contributed by atoms with Crippen molar-refractivity contribution in [1.29, 1.82) is 0 Å². The fourth-order valence-electron chi connectivity index (χ4n) is 1.61. The zero-order valence-corrected chi connectivity index (χ0v) is 7.86. The van der Waals surface area contributed by atoms with E-state index in [-0.39, 0.29) is 0 Å². The summed E-state index contributed by atoms with van der Waals surface area (Å²) in [5.41, 5.74) is 1.26. The maximum atomic E-state index is 5.10. The van der Waals surface area contributed by atoms with Crippen LogP contribution < -0.4 is 9.64 Å². The highest BCUT2D eigenvalue weighted by atomic mass is 16.5. The van der Waals surface area contributed by atoms with Crippen molar-refractivity contribution in [3.63, 3.8) is 0 Å². The molecule has 1 saturated heterocycles. The minimum atomic E-state index is 0.919. The number of hydrogen-bond acceptors (Lipinski definition) is 2. The third kappa shape index (κ3) is 1.77. The molecular formula is C11H14NO. The topological polar surface area (TPSA) is 12.5 Å². The molecule has 0 N–H and O–H groups in total. The second-order valence-electron chi connectivity index (χ2n) is 3.22. The Labute approximate surface area is 79.1 Å². The summed E-state index contributed by atoms with van der Waals surface area (Å²) in [6, 6.07) is 8.20. The lowest BCUT2D eigenvalue weighted by Gasteiger charge is -2.16. The van der Waals surface area contributed by atoms with Crippen molar-refractivity contribution in [1.82, 2.24) is 0 Å². The number of hydrogen-bond donors (Lipinski definition) is 0. The van der Waals surface area contributed by atoms with Gasteiger partial charge in [-0.1, -0.05) is 0 Å². The molecule has 1 aromatic carbocycles. The van der Waals surface area contributed by atoms with Crippen LogP contribution in [0.15, 0.2) is 24.3 Å². The molecule has 13 heavy (non-hydrogen) atoms. The Kier molecular flexibility index (Phi) is 2.39. The van der Waals surface area contributed by atoms with Gasteiger partial charge in [-0.2, -0.15) is 0 Å². The summed E-state index contributed by atoms with van der Waals surface area (Å²) in [6.45, 7) is 3.40. The summed E-state index contributed by atoms with van der Waals surface area (Å²) in [5.74, 6) is 0.919. The van der Waals surface area contributed by atoms with E-state index in [1.165, 1.54) is 18.5 Å². The number of methoxy groups -OCH3 is 1. The van der Waals surface area contributed by atoms with Crippen LogP contribution in [0.4, 0.5) is 5.69 Å². The molecule has 1 aromatic rings. The van der Waals surface area contributed by atoms with E-state index in [0.717, 1.165) is 12.3 Å². The van der Waals surface area contributed by atoms with E-state index in [2.05, 4.69) is 23.6 Å². The molecular weight excluding hydrogens is 162 g/mol. The van der Waals surface area contributed by atoms with Crippen LogP contribution >= 0.6 is 0 Å². The van der Waals surface area contributed by atoms with Crippen molar-refractivity contribution in [3.05, 3.63) is 30.8 Å². The van der Waals surface area contributed by atoms with Crippen LogP contribution in [-0.2, 0) is 0 Å². The molecule has 0 bridgehead atoms. The van der Waals surface area contributed by atoms with Crippen molar-refractivity contribution in [2.45, 2.75) is 12.8 Å². The van der Waals surface area contributed by atoms with Crippen LogP contribution in [0.1, 0.15) is 12.8 Å². The number of benzene rings is 1. The average Bonchev–Trinajstić information content (AvgIpc) is 2.71. The van der Waals surface area contributed by atoms with Crippen molar-refractivity contribution in [2.24, 2.45) is 0 Å². The Balaban J connectivity index is 2.12. The molecule has 1 heterocycles. The molecule has 1 aliphatic heterocycles. The van der Waals surface area contributed by atoms with Gasteiger partial charge in [0.05, 0.1) is 7.11 Å². The molecule has 1 aliphatic rings. The minimum absolute atomic E-state index is 0.919. The Morgan fingerprint density at radius 3 is 2.54 bits per heavy atom. The van der Waals surface area contributed by atoms with Gasteiger partial charge >= 0.3 is 0 Å².